The Balaban J connectivity index is 1.95. The Labute approximate surface area is 121 Å². The van der Waals surface area contributed by atoms with E-state index >= 15 is 0 Å². The van der Waals surface area contributed by atoms with Crippen molar-refractivity contribution in [3.8, 4) is 0 Å². The third kappa shape index (κ3) is 3.01. The Morgan fingerprint density at radius 2 is 2.10 bits per heavy atom. The van der Waals surface area contributed by atoms with Crippen LogP contribution in [0.1, 0.15) is 55.1 Å². The van der Waals surface area contributed by atoms with Gasteiger partial charge in [-0.2, -0.15) is 0 Å². The average molecular weight is 275 g/mol. The van der Waals surface area contributed by atoms with E-state index in [9.17, 15) is 4.79 Å². The van der Waals surface area contributed by atoms with Crippen LogP contribution in [0.2, 0.25) is 0 Å². The number of hydrogen-bond donors (Lipinski definition) is 1. The molecule has 0 bridgehead atoms. The molecule has 0 atom stereocenters. The third-order valence-electron chi connectivity index (χ3n) is 4.45. The molecule has 110 valence electrons. The second kappa shape index (κ2) is 5.92. The zero-order valence-electron chi connectivity index (χ0n) is 12.9. The van der Waals surface area contributed by atoms with Gasteiger partial charge in [0.05, 0.1) is 5.56 Å². The van der Waals surface area contributed by atoms with Crippen molar-refractivity contribution in [2.45, 2.75) is 44.6 Å². The van der Waals surface area contributed by atoms with Crippen molar-refractivity contribution in [3.05, 3.63) is 29.6 Å². The Kier molecular flexibility index (Phi) is 4.43. The molecule has 0 saturated heterocycles. The molecule has 20 heavy (non-hydrogen) atoms. The van der Waals surface area contributed by atoms with Crippen LogP contribution < -0.4 is 5.32 Å². The Hall–Kier alpha value is -1.42. The first-order valence-corrected chi connectivity index (χ1v) is 7.36. The van der Waals surface area contributed by atoms with Gasteiger partial charge in [0.1, 0.15) is 0 Å². The van der Waals surface area contributed by atoms with Crippen molar-refractivity contribution < 1.29 is 4.79 Å². The lowest BCUT2D eigenvalue weighted by Crippen LogP contribution is -2.57. The first-order valence-electron chi connectivity index (χ1n) is 7.36. The average Bonchev–Trinajstić information content (AvgIpc) is 2.36. The molecule has 1 N–H and O–H groups in total. The van der Waals surface area contributed by atoms with Gasteiger partial charge in [0.15, 0.2) is 0 Å². The van der Waals surface area contributed by atoms with Gasteiger partial charge in [0, 0.05) is 24.0 Å². The summed E-state index contributed by atoms with van der Waals surface area (Å²) in [5.74, 6) is 0.361. The number of carbonyl (C=O) groups excluding carboxylic acids is 1. The molecule has 1 heterocycles. The molecule has 0 radical (unpaired) electrons. The summed E-state index contributed by atoms with van der Waals surface area (Å²) in [5.41, 5.74) is 1.81. The number of aromatic nitrogens is 1. The first kappa shape index (κ1) is 15.0. The molecule has 1 aliphatic carbocycles. The normalized spacial score (nSPS) is 17.1. The summed E-state index contributed by atoms with van der Waals surface area (Å²) in [6.45, 7) is 4.91. The Bertz CT molecular complexity index is 461. The standard InChI is InChI=1S/C16H25N3O/c1-12(2)14-7-6-13(10-17-14)15(20)18-11-16(19(3)4)8-5-9-16/h6-7,10,12H,5,8-9,11H2,1-4H3,(H,18,20). The maximum atomic E-state index is 12.2. The molecule has 1 aromatic rings. The maximum Gasteiger partial charge on any atom is 0.252 e. The number of hydrogen-bond acceptors (Lipinski definition) is 3. The molecule has 1 saturated carbocycles. The van der Waals surface area contributed by atoms with Gasteiger partial charge >= 0.3 is 0 Å². The van der Waals surface area contributed by atoms with Gasteiger partial charge in [-0.3, -0.25) is 9.78 Å². The van der Waals surface area contributed by atoms with Crippen LogP contribution in [0.15, 0.2) is 18.3 Å². The van der Waals surface area contributed by atoms with E-state index in [1.165, 1.54) is 6.42 Å². The summed E-state index contributed by atoms with van der Waals surface area (Å²) in [4.78, 5) is 18.7. The van der Waals surface area contributed by atoms with Crippen molar-refractivity contribution >= 4 is 5.91 Å². The number of nitrogens with one attached hydrogen (secondary N) is 1. The first-order chi connectivity index (χ1) is 9.44. The minimum Gasteiger partial charge on any atom is -0.350 e. The molecule has 0 aromatic carbocycles. The number of amides is 1. The fraction of sp³-hybridized carbons (Fsp3) is 0.625. The summed E-state index contributed by atoms with van der Waals surface area (Å²) >= 11 is 0. The second-order valence-corrected chi connectivity index (χ2v) is 6.28. The van der Waals surface area contributed by atoms with E-state index in [2.05, 4.69) is 43.1 Å². The van der Waals surface area contributed by atoms with E-state index in [4.69, 9.17) is 0 Å². The summed E-state index contributed by atoms with van der Waals surface area (Å²) in [5, 5.41) is 3.05. The van der Waals surface area contributed by atoms with Crippen LogP contribution in [0.25, 0.3) is 0 Å². The van der Waals surface area contributed by atoms with Crippen LogP contribution >= 0.6 is 0 Å². The minimum absolute atomic E-state index is 0.0269. The van der Waals surface area contributed by atoms with Gasteiger partial charge in [0.25, 0.3) is 5.91 Å². The second-order valence-electron chi connectivity index (χ2n) is 6.28. The highest BCUT2D eigenvalue weighted by atomic mass is 16.1. The van der Waals surface area contributed by atoms with Crippen LogP contribution in [-0.4, -0.2) is 42.0 Å². The zero-order valence-corrected chi connectivity index (χ0v) is 12.9. The molecule has 0 unspecified atom stereocenters. The SMILES string of the molecule is CC(C)c1ccc(C(=O)NCC2(N(C)C)CCC2)cn1. The molecule has 4 nitrogen and oxygen atoms in total. The molecule has 1 aromatic heterocycles. The summed E-state index contributed by atoms with van der Waals surface area (Å²) in [6, 6.07) is 3.80. The smallest absolute Gasteiger partial charge is 0.252 e. The zero-order chi connectivity index (χ0) is 14.8. The number of pyridine rings is 1. The van der Waals surface area contributed by atoms with Crippen molar-refractivity contribution in [2.24, 2.45) is 0 Å². The number of carbonyl (C=O) groups is 1. The monoisotopic (exact) mass is 275 g/mol. The topological polar surface area (TPSA) is 45.2 Å². The van der Waals surface area contributed by atoms with Gasteiger partial charge in [-0.25, -0.2) is 0 Å². The van der Waals surface area contributed by atoms with E-state index in [0.29, 0.717) is 18.0 Å². The molecule has 0 aliphatic heterocycles. The molecule has 2 rings (SSSR count). The fourth-order valence-electron chi connectivity index (χ4n) is 2.60. The Morgan fingerprint density at radius 3 is 2.50 bits per heavy atom. The minimum atomic E-state index is -0.0269. The number of nitrogens with zero attached hydrogens (tertiary/aromatic N) is 2. The van der Waals surface area contributed by atoms with Crippen LogP contribution in [0.5, 0.6) is 0 Å². The van der Waals surface area contributed by atoms with E-state index in [-0.39, 0.29) is 11.4 Å². The van der Waals surface area contributed by atoms with Gasteiger partial charge in [0.2, 0.25) is 0 Å². The van der Waals surface area contributed by atoms with Crippen LogP contribution in [-0.2, 0) is 0 Å². The van der Waals surface area contributed by atoms with Gasteiger partial charge < -0.3 is 10.2 Å². The molecule has 1 fully saturated rings. The molecule has 1 amide bonds. The molecule has 4 heteroatoms. The molecular weight excluding hydrogens is 250 g/mol. The lowest BCUT2D eigenvalue weighted by atomic mass is 9.75. The number of rotatable bonds is 5. The summed E-state index contributed by atoms with van der Waals surface area (Å²) < 4.78 is 0. The van der Waals surface area contributed by atoms with E-state index < -0.39 is 0 Å². The van der Waals surface area contributed by atoms with Crippen LogP contribution in [0.4, 0.5) is 0 Å². The highest BCUT2D eigenvalue weighted by molar-refractivity contribution is 5.93. The van der Waals surface area contributed by atoms with Crippen molar-refractivity contribution in [3.63, 3.8) is 0 Å². The van der Waals surface area contributed by atoms with Crippen LogP contribution in [0.3, 0.4) is 0 Å². The van der Waals surface area contributed by atoms with Crippen molar-refractivity contribution in [2.75, 3.05) is 20.6 Å². The summed E-state index contributed by atoms with van der Waals surface area (Å²) in [6.07, 6.45) is 5.24. The van der Waals surface area contributed by atoms with Gasteiger partial charge in [-0.15, -0.1) is 0 Å². The fourth-order valence-corrected chi connectivity index (χ4v) is 2.60. The number of likely N-dealkylation sites (N-methyl/N-ethyl adjacent to an activating group) is 1. The quantitative estimate of drug-likeness (QED) is 0.897. The molecule has 0 spiro atoms. The lowest BCUT2D eigenvalue weighted by molar-refractivity contribution is 0.0557. The van der Waals surface area contributed by atoms with Crippen molar-refractivity contribution in [1.29, 1.82) is 0 Å². The van der Waals surface area contributed by atoms with E-state index in [1.54, 1.807) is 6.20 Å². The predicted octanol–water partition coefficient (Wildman–Crippen LogP) is 2.42. The lowest BCUT2D eigenvalue weighted by Gasteiger charge is -2.47. The third-order valence-corrected chi connectivity index (χ3v) is 4.45. The van der Waals surface area contributed by atoms with E-state index in [1.807, 2.05) is 12.1 Å². The maximum absolute atomic E-state index is 12.2. The largest absolute Gasteiger partial charge is 0.350 e. The highest BCUT2D eigenvalue weighted by Gasteiger charge is 2.39. The van der Waals surface area contributed by atoms with E-state index in [0.717, 1.165) is 18.5 Å². The Morgan fingerprint density at radius 1 is 1.40 bits per heavy atom. The van der Waals surface area contributed by atoms with Crippen LogP contribution in [0, 0.1) is 0 Å². The van der Waals surface area contributed by atoms with Crippen molar-refractivity contribution in [1.82, 2.24) is 15.2 Å². The van der Waals surface area contributed by atoms with Gasteiger partial charge in [-0.1, -0.05) is 13.8 Å². The summed E-state index contributed by atoms with van der Waals surface area (Å²) in [7, 11) is 4.18. The molecule has 1 aliphatic rings. The highest BCUT2D eigenvalue weighted by Crippen LogP contribution is 2.35. The predicted molar refractivity (Wildman–Crippen MR) is 80.9 cm³/mol. The van der Waals surface area contributed by atoms with Gasteiger partial charge in [-0.05, 0) is 51.4 Å². The molecular formula is C16H25N3O.